The molecule has 0 saturated carbocycles. The number of benzene rings is 2. The molecule has 0 radical (unpaired) electrons. The molecule has 0 amide bonds. The van der Waals surface area contributed by atoms with E-state index in [9.17, 15) is 9.59 Å². The first-order valence-electron chi connectivity index (χ1n) is 6.55. The van der Waals surface area contributed by atoms with Gasteiger partial charge < -0.3 is 0 Å². The van der Waals surface area contributed by atoms with E-state index in [1.807, 2.05) is 54.6 Å². The Morgan fingerprint density at radius 2 is 1.43 bits per heavy atom. The molecular formula is C17H15N2O2+. The summed E-state index contributed by atoms with van der Waals surface area (Å²) < 4.78 is 1.41. The van der Waals surface area contributed by atoms with Crippen molar-refractivity contribution in [2.45, 2.75) is 13.0 Å². The largest absolute Gasteiger partial charge is 0.430 e. The lowest BCUT2D eigenvalue weighted by atomic mass is 10.0. The predicted molar refractivity (Wildman–Crippen MR) is 79.1 cm³/mol. The Morgan fingerprint density at radius 1 is 0.905 bits per heavy atom. The first-order chi connectivity index (χ1) is 10.2. The maximum Gasteiger partial charge on any atom is 0.430 e. The Kier molecular flexibility index (Phi) is 4.94. The molecular weight excluding hydrogens is 264 g/mol. The van der Waals surface area contributed by atoms with Crippen LogP contribution in [0.3, 0.4) is 0 Å². The Morgan fingerprint density at radius 3 is 1.95 bits per heavy atom. The average Bonchev–Trinajstić information content (AvgIpc) is 2.54. The summed E-state index contributed by atoms with van der Waals surface area (Å²) >= 11 is 0. The number of hydrogen-bond donors (Lipinski definition) is 0. The third kappa shape index (κ3) is 4.08. The fourth-order valence-electron chi connectivity index (χ4n) is 2.01. The number of hydrogen-bond acceptors (Lipinski definition) is 3. The van der Waals surface area contributed by atoms with Crippen LogP contribution in [0, 0.1) is 0 Å². The monoisotopic (exact) mass is 279 g/mol. The zero-order valence-electron chi connectivity index (χ0n) is 11.7. The molecule has 0 aliphatic heterocycles. The quantitative estimate of drug-likeness (QED) is 0.480. The number of isocyanates is 2. The van der Waals surface area contributed by atoms with Gasteiger partial charge >= 0.3 is 6.08 Å². The summed E-state index contributed by atoms with van der Waals surface area (Å²) in [5.74, 6) is 0. The molecule has 0 bridgehead atoms. The summed E-state index contributed by atoms with van der Waals surface area (Å²) in [5.41, 5.74) is 4.14. The Hall–Kier alpha value is -2.80. The SMILES string of the molecule is C[N+](=C=O)c1ccc(Cc2ccc(CN=C=O)cc2)cc1. The van der Waals surface area contributed by atoms with Crippen molar-refractivity contribution in [2.75, 3.05) is 7.05 Å². The van der Waals surface area contributed by atoms with Gasteiger partial charge in [0.1, 0.15) is 0 Å². The molecule has 2 aromatic carbocycles. The third-order valence-electron chi connectivity index (χ3n) is 3.22. The van der Waals surface area contributed by atoms with E-state index in [-0.39, 0.29) is 0 Å². The van der Waals surface area contributed by atoms with Gasteiger partial charge in [-0.3, -0.25) is 0 Å². The predicted octanol–water partition coefficient (Wildman–Crippen LogP) is 2.72. The van der Waals surface area contributed by atoms with Crippen molar-refractivity contribution >= 4 is 17.8 Å². The van der Waals surface area contributed by atoms with Gasteiger partial charge in [-0.1, -0.05) is 36.4 Å². The van der Waals surface area contributed by atoms with Gasteiger partial charge in [0.25, 0.3) is 0 Å². The molecule has 4 heteroatoms. The molecule has 0 heterocycles. The highest BCUT2D eigenvalue weighted by molar-refractivity contribution is 5.39. The van der Waals surface area contributed by atoms with Crippen molar-refractivity contribution in [3.05, 3.63) is 65.2 Å². The molecule has 0 atom stereocenters. The summed E-state index contributed by atoms with van der Waals surface area (Å²) in [7, 11) is 1.67. The second-order valence-corrected chi connectivity index (χ2v) is 4.72. The van der Waals surface area contributed by atoms with Crippen molar-refractivity contribution < 1.29 is 14.2 Å². The molecule has 0 unspecified atom stereocenters. The molecule has 0 aliphatic rings. The fourth-order valence-corrected chi connectivity index (χ4v) is 2.01. The van der Waals surface area contributed by atoms with Gasteiger partial charge in [0, 0.05) is 12.1 Å². The summed E-state index contributed by atoms with van der Waals surface area (Å²) in [6.45, 7) is 0.368. The smallest absolute Gasteiger partial charge is 0.211 e. The van der Waals surface area contributed by atoms with Crippen LogP contribution in [-0.2, 0) is 22.6 Å². The molecule has 0 N–H and O–H groups in total. The molecule has 21 heavy (non-hydrogen) atoms. The van der Waals surface area contributed by atoms with Gasteiger partial charge in [-0.25, -0.2) is 9.79 Å². The second-order valence-electron chi connectivity index (χ2n) is 4.72. The van der Waals surface area contributed by atoms with Crippen LogP contribution in [0.25, 0.3) is 0 Å². The molecule has 0 aliphatic carbocycles. The summed E-state index contributed by atoms with van der Waals surface area (Å²) in [6.07, 6.45) is 4.17. The highest BCUT2D eigenvalue weighted by Crippen LogP contribution is 2.15. The van der Waals surface area contributed by atoms with E-state index < -0.39 is 0 Å². The van der Waals surface area contributed by atoms with Crippen molar-refractivity contribution in [3.63, 3.8) is 0 Å². The van der Waals surface area contributed by atoms with Crippen LogP contribution >= 0.6 is 0 Å². The lowest BCUT2D eigenvalue weighted by molar-refractivity contribution is -0.401. The highest BCUT2D eigenvalue weighted by Gasteiger charge is 2.04. The van der Waals surface area contributed by atoms with Crippen LogP contribution in [0.1, 0.15) is 16.7 Å². The van der Waals surface area contributed by atoms with Crippen LogP contribution in [0.4, 0.5) is 5.69 Å². The summed E-state index contributed by atoms with van der Waals surface area (Å²) in [4.78, 5) is 24.2. The Balaban J connectivity index is 2.07. The lowest BCUT2D eigenvalue weighted by Gasteiger charge is -2.03. The van der Waals surface area contributed by atoms with E-state index in [2.05, 4.69) is 4.99 Å². The van der Waals surface area contributed by atoms with Crippen LogP contribution in [0.2, 0.25) is 0 Å². The zero-order chi connectivity index (χ0) is 15.1. The van der Waals surface area contributed by atoms with E-state index in [4.69, 9.17) is 0 Å². The summed E-state index contributed by atoms with van der Waals surface area (Å²) in [6, 6.07) is 15.7. The van der Waals surface area contributed by atoms with Crippen LogP contribution < -0.4 is 0 Å². The van der Waals surface area contributed by atoms with E-state index >= 15 is 0 Å². The Bertz CT molecular complexity index is 705. The maximum absolute atomic E-state index is 10.6. The fraction of sp³-hybridized carbons (Fsp3) is 0.176. The van der Waals surface area contributed by atoms with Gasteiger partial charge in [0.15, 0.2) is 7.05 Å². The maximum atomic E-state index is 10.6. The molecule has 4 nitrogen and oxygen atoms in total. The molecule has 0 fully saturated rings. The number of aliphatic imine (C=N–C) groups is 1. The van der Waals surface area contributed by atoms with Gasteiger partial charge in [-0.05, 0) is 23.1 Å². The molecule has 2 rings (SSSR count). The molecule has 2 aromatic rings. The van der Waals surface area contributed by atoms with Gasteiger partial charge in [0.05, 0.1) is 6.54 Å². The lowest BCUT2D eigenvalue weighted by Crippen LogP contribution is -1.95. The normalized spacial score (nSPS) is 9.57. The van der Waals surface area contributed by atoms with Crippen molar-refractivity contribution in [1.29, 1.82) is 0 Å². The second kappa shape index (κ2) is 7.11. The van der Waals surface area contributed by atoms with Crippen LogP contribution in [0.5, 0.6) is 0 Å². The van der Waals surface area contributed by atoms with E-state index in [1.165, 1.54) is 16.2 Å². The van der Waals surface area contributed by atoms with Crippen molar-refractivity contribution in [2.24, 2.45) is 4.99 Å². The molecule has 104 valence electrons. The van der Waals surface area contributed by atoms with Gasteiger partial charge in [-0.2, -0.15) is 4.79 Å². The van der Waals surface area contributed by atoms with Crippen LogP contribution in [-0.4, -0.2) is 23.8 Å². The van der Waals surface area contributed by atoms with E-state index in [0.717, 1.165) is 23.2 Å². The number of rotatable bonds is 5. The number of carbonyl (C=O) groups excluding carboxylic acids is 2. The van der Waals surface area contributed by atoms with Crippen LogP contribution in [0.15, 0.2) is 53.5 Å². The standard InChI is InChI=1S/C17H15N2O2/c1-19(13-21)17-8-6-15(7-9-17)10-14-2-4-16(5-3-14)11-18-12-20/h2-9H,10-11H2,1H3/q+1. The van der Waals surface area contributed by atoms with Gasteiger partial charge in [-0.15, -0.1) is 4.58 Å². The van der Waals surface area contributed by atoms with Crippen molar-refractivity contribution in [1.82, 2.24) is 0 Å². The minimum atomic E-state index is 0.368. The molecule has 0 spiro atoms. The molecule has 0 aromatic heterocycles. The van der Waals surface area contributed by atoms with E-state index in [1.54, 1.807) is 7.05 Å². The third-order valence-corrected chi connectivity index (χ3v) is 3.22. The first-order valence-corrected chi connectivity index (χ1v) is 6.55. The summed E-state index contributed by atoms with van der Waals surface area (Å²) in [5, 5.41) is 0. The van der Waals surface area contributed by atoms with Crippen molar-refractivity contribution in [3.8, 4) is 0 Å². The first kappa shape index (κ1) is 14.6. The number of nitrogens with zero attached hydrogens (tertiary/aromatic N) is 2. The Labute approximate surface area is 123 Å². The molecule has 0 saturated heterocycles. The van der Waals surface area contributed by atoms with Gasteiger partial charge in [0.2, 0.25) is 11.8 Å². The topological polar surface area (TPSA) is 49.5 Å². The minimum Gasteiger partial charge on any atom is -0.211 e. The van der Waals surface area contributed by atoms with E-state index in [0.29, 0.717) is 6.54 Å². The average molecular weight is 279 g/mol. The highest BCUT2D eigenvalue weighted by atomic mass is 16.1. The zero-order valence-corrected chi connectivity index (χ0v) is 11.7. The minimum absolute atomic E-state index is 0.368.